The van der Waals surface area contributed by atoms with Gasteiger partial charge >= 0.3 is 5.97 Å². The Morgan fingerprint density at radius 3 is 2.41 bits per heavy atom. The highest BCUT2D eigenvalue weighted by molar-refractivity contribution is 5.66. The van der Waals surface area contributed by atoms with Crippen molar-refractivity contribution in [3.63, 3.8) is 0 Å². The number of aliphatic hydroxyl groups is 1. The van der Waals surface area contributed by atoms with Gasteiger partial charge in [0, 0.05) is 18.8 Å². The molecule has 34 heavy (non-hydrogen) atoms. The monoisotopic (exact) mass is 472 g/mol. The van der Waals surface area contributed by atoms with E-state index in [-0.39, 0.29) is 23.6 Å². The van der Waals surface area contributed by atoms with E-state index >= 15 is 0 Å². The summed E-state index contributed by atoms with van der Waals surface area (Å²) in [6, 6.07) is 0. The van der Waals surface area contributed by atoms with Gasteiger partial charge in [-0.15, -0.1) is 0 Å². The average molecular weight is 473 g/mol. The van der Waals surface area contributed by atoms with Crippen LogP contribution in [-0.4, -0.2) is 23.3 Å². The maximum Gasteiger partial charge on any atom is 0.302 e. The maximum atomic E-state index is 12.0. The van der Waals surface area contributed by atoms with Crippen LogP contribution < -0.4 is 0 Å². The molecule has 0 aromatic carbocycles. The number of fused-ring (bicyclic) bond motifs is 5. The Labute approximate surface area is 209 Å². The zero-order chi connectivity index (χ0) is 24.8. The first kappa shape index (κ1) is 26.2. The fraction of sp³-hybridized carbons (Fsp3) is 0.903. The molecule has 4 aliphatic rings. The van der Waals surface area contributed by atoms with Crippen molar-refractivity contribution in [3.8, 4) is 0 Å². The highest BCUT2D eigenvalue weighted by Gasteiger charge is 2.63. The summed E-state index contributed by atoms with van der Waals surface area (Å²) in [5.41, 5.74) is 0.448. The van der Waals surface area contributed by atoms with E-state index in [1.165, 1.54) is 51.9 Å². The van der Waals surface area contributed by atoms with E-state index in [4.69, 9.17) is 4.74 Å². The van der Waals surface area contributed by atoms with Gasteiger partial charge in [0.15, 0.2) is 0 Å². The Kier molecular flexibility index (Phi) is 7.65. The van der Waals surface area contributed by atoms with Gasteiger partial charge in [-0.25, -0.2) is 0 Å². The third-order valence-corrected chi connectivity index (χ3v) is 11.7. The molecule has 0 heterocycles. The van der Waals surface area contributed by atoms with Crippen molar-refractivity contribution in [2.24, 2.45) is 58.2 Å². The molecule has 4 aliphatic carbocycles. The molecule has 0 aliphatic heterocycles. The molecular formula is C31H52O3. The van der Waals surface area contributed by atoms with Crippen molar-refractivity contribution >= 4 is 5.97 Å². The summed E-state index contributed by atoms with van der Waals surface area (Å²) in [6.45, 7) is 16.1. The fourth-order valence-corrected chi connectivity index (χ4v) is 9.83. The molecule has 2 unspecified atom stereocenters. The van der Waals surface area contributed by atoms with Gasteiger partial charge in [0.05, 0.1) is 6.10 Å². The van der Waals surface area contributed by atoms with E-state index in [1.807, 2.05) is 0 Å². The van der Waals surface area contributed by atoms with Crippen LogP contribution in [0.15, 0.2) is 12.2 Å². The Balaban J connectivity index is 1.55. The second kappa shape index (κ2) is 9.91. The van der Waals surface area contributed by atoms with Crippen molar-refractivity contribution in [2.75, 3.05) is 0 Å². The highest BCUT2D eigenvalue weighted by atomic mass is 16.5. The van der Waals surface area contributed by atoms with Gasteiger partial charge in [-0.1, -0.05) is 53.7 Å². The Hall–Kier alpha value is -0.830. The highest BCUT2D eigenvalue weighted by Crippen LogP contribution is 2.68. The van der Waals surface area contributed by atoms with Crippen molar-refractivity contribution in [2.45, 2.75) is 118 Å². The number of allylic oxidation sites excluding steroid dienone is 2. The zero-order valence-corrected chi connectivity index (χ0v) is 23.1. The number of ether oxygens (including phenoxy) is 1. The number of rotatable bonds is 6. The van der Waals surface area contributed by atoms with Crippen molar-refractivity contribution in [3.05, 3.63) is 12.2 Å². The Morgan fingerprint density at radius 2 is 1.76 bits per heavy atom. The zero-order valence-electron chi connectivity index (χ0n) is 23.1. The number of hydrogen-bond acceptors (Lipinski definition) is 3. The number of carbonyl (C=O) groups excluding carboxylic acids is 1. The summed E-state index contributed by atoms with van der Waals surface area (Å²) in [5.74, 6) is 5.28. The molecule has 3 nitrogen and oxygen atoms in total. The van der Waals surface area contributed by atoms with Gasteiger partial charge in [-0.2, -0.15) is 0 Å². The molecular weight excluding hydrogens is 420 g/mol. The van der Waals surface area contributed by atoms with Gasteiger partial charge in [0.25, 0.3) is 0 Å². The van der Waals surface area contributed by atoms with Crippen LogP contribution >= 0.6 is 0 Å². The largest absolute Gasteiger partial charge is 0.462 e. The van der Waals surface area contributed by atoms with Gasteiger partial charge in [-0.05, 0) is 104 Å². The van der Waals surface area contributed by atoms with Crippen molar-refractivity contribution in [1.29, 1.82) is 0 Å². The standard InChI is InChI=1S/C31H52O3/c1-8-22(19(2)3)10-9-20(4)26-13-14-27-25-12-11-23-17-24(33)18-29(34-21(5)32)31(23,7)28(25)15-16-30(26,27)6/h9-10,19-20,22-29,33H,8,11-18H2,1-7H3/b10-9+/t20-,22+,23?,24+,25+,26-,27+,28+,29?,30-,31-/m1/s1. The summed E-state index contributed by atoms with van der Waals surface area (Å²) in [6.07, 6.45) is 15.2. The lowest BCUT2D eigenvalue weighted by atomic mass is 9.43. The first-order valence-electron chi connectivity index (χ1n) is 14.6. The van der Waals surface area contributed by atoms with E-state index in [1.54, 1.807) is 0 Å². The van der Waals surface area contributed by atoms with Crippen LogP contribution in [0.4, 0.5) is 0 Å². The number of carbonyl (C=O) groups is 1. The maximum absolute atomic E-state index is 12.0. The average Bonchev–Trinajstić information content (AvgIpc) is 3.11. The second-order valence-corrected chi connectivity index (χ2v) is 13.5. The summed E-state index contributed by atoms with van der Waals surface area (Å²) >= 11 is 0. The van der Waals surface area contributed by atoms with E-state index < -0.39 is 0 Å². The lowest BCUT2D eigenvalue weighted by Gasteiger charge is -2.62. The topological polar surface area (TPSA) is 46.5 Å². The van der Waals surface area contributed by atoms with Gasteiger partial charge in [0.1, 0.15) is 6.10 Å². The second-order valence-electron chi connectivity index (χ2n) is 13.5. The first-order valence-corrected chi connectivity index (χ1v) is 14.6. The third kappa shape index (κ3) is 4.41. The quantitative estimate of drug-likeness (QED) is 0.323. The summed E-state index contributed by atoms with van der Waals surface area (Å²) in [4.78, 5) is 12.0. The lowest BCUT2D eigenvalue weighted by molar-refractivity contribution is -0.201. The van der Waals surface area contributed by atoms with Crippen LogP contribution in [0, 0.1) is 58.2 Å². The summed E-state index contributed by atoms with van der Waals surface area (Å²) < 4.78 is 5.96. The summed E-state index contributed by atoms with van der Waals surface area (Å²) in [5, 5.41) is 10.6. The first-order chi connectivity index (χ1) is 16.0. The van der Waals surface area contributed by atoms with Crippen LogP contribution in [0.3, 0.4) is 0 Å². The molecule has 0 amide bonds. The van der Waals surface area contributed by atoms with Crippen LogP contribution in [0.25, 0.3) is 0 Å². The molecule has 0 saturated heterocycles. The lowest BCUT2D eigenvalue weighted by Crippen LogP contribution is -2.60. The number of esters is 1. The van der Waals surface area contributed by atoms with E-state index in [0.717, 1.165) is 24.2 Å². The minimum Gasteiger partial charge on any atom is -0.462 e. The Morgan fingerprint density at radius 1 is 1.03 bits per heavy atom. The van der Waals surface area contributed by atoms with Crippen LogP contribution in [0.5, 0.6) is 0 Å². The molecule has 0 radical (unpaired) electrons. The number of aliphatic hydroxyl groups excluding tert-OH is 1. The minimum absolute atomic E-state index is 0.0182. The van der Waals surface area contributed by atoms with Gasteiger partial charge < -0.3 is 9.84 Å². The van der Waals surface area contributed by atoms with Gasteiger partial charge in [-0.3, -0.25) is 4.79 Å². The SMILES string of the molecule is CC[C@@H](/C=C/[C@@H](C)[C@H]1CC[C@H]2[C@@H]3CCC4C[C@H](O)CC(OC(C)=O)[C@@]4(C)[C@H]3CC[C@]12C)C(C)C. The molecule has 0 aromatic heterocycles. The van der Waals surface area contributed by atoms with Crippen molar-refractivity contribution in [1.82, 2.24) is 0 Å². The van der Waals surface area contributed by atoms with E-state index in [9.17, 15) is 9.90 Å². The molecule has 0 bridgehead atoms. The minimum atomic E-state index is -0.325. The normalized spacial score (nSPS) is 46.0. The molecule has 4 fully saturated rings. The molecule has 1 N–H and O–H groups in total. The van der Waals surface area contributed by atoms with Crippen molar-refractivity contribution < 1.29 is 14.6 Å². The number of hydrogen-bond donors (Lipinski definition) is 1. The van der Waals surface area contributed by atoms with Gasteiger partial charge in [0.2, 0.25) is 0 Å². The van der Waals surface area contributed by atoms with Crippen LogP contribution in [0.2, 0.25) is 0 Å². The predicted octanol–water partition coefficient (Wildman–Crippen LogP) is 7.42. The van der Waals surface area contributed by atoms with E-state index in [2.05, 4.69) is 53.7 Å². The molecule has 0 aromatic rings. The molecule has 194 valence electrons. The van der Waals surface area contributed by atoms with E-state index in [0.29, 0.717) is 41.4 Å². The molecule has 3 heteroatoms. The fourth-order valence-electron chi connectivity index (χ4n) is 9.83. The summed E-state index contributed by atoms with van der Waals surface area (Å²) in [7, 11) is 0. The molecule has 11 atom stereocenters. The third-order valence-electron chi connectivity index (χ3n) is 11.7. The van der Waals surface area contributed by atoms with Crippen LogP contribution in [-0.2, 0) is 9.53 Å². The molecule has 0 spiro atoms. The smallest absolute Gasteiger partial charge is 0.302 e. The molecule has 4 saturated carbocycles. The predicted molar refractivity (Wildman–Crippen MR) is 139 cm³/mol. The molecule has 4 rings (SSSR count). The van der Waals surface area contributed by atoms with Crippen LogP contribution in [0.1, 0.15) is 106 Å². The Bertz CT molecular complexity index is 758.